The number of carbonyl (C=O) groups excluding carboxylic acids is 2. The number of nitrogens with zero attached hydrogens (tertiary/aromatic N) is 1. The number of likely N-dealkylation sites (tertiary alicyclic amines) is 1. The molecule has 1 heterocycles. The molecule has 0 spiro atoms. The third-order valence-corrected chi connectivity index (χ3v) is 4.22. The summed E-state index contributed by atoms with van der Waals surface area (Å²) in [7, 11) is 0. The van der Waals surface area contributed by atoms with Crippen LogP contribution in [0.2, 0.25) is 0 Å². The van der Waals surface area contributed by atoms with Crippen molar-refractivity contribution in [2.75, 3.05) is 36.8 Å². The average Bonchev–Trinajstić information content (AvgIpc) is 2.57. The Balaban J connectivity index is 1.92. The van der Waals surface area contributed by atoms with Gasteiger partial charge in [-0.25, -0.2) is 0 Å². The number of hydrogen-bond acceptors (Lipinski definition) is 4. The summed E-state index contributed by atoms with van der Waals surface area (Å²) in [5.74, 6) is -0.0681. The van der Waals surface area contributed by atoms with Crippen molar-refractivity contribution in [3.05, 3.63) is 23.8 Å². The number of anilines is 2. The van der Waals surface area contributed by atoms with Crippen LogP contribution < -0.4 is 16.4 Å². The third-order valence-electron chi connectivity index (χ3n) is 4.22. The van der Waals surface area contributed by atoms with Crippen molar-refractivity contribution < 1.29 is 9.59 Å². The molecule has 4 N–H and O–H groups in total. The van der Waals surface area contributed by atoms with Crippen LogP contribution in [0.3, 0.4) is 0 Å². The minimum Gasteiger partial charge on any atom is -0.330 e. The van der Waals surface area contributed by atoms with Gasteiger partial charge in [-0.3, -0.25) is 14.5 Å². The molecule has 0 atom stereocenters. The van der Waals surface area contributed by atoms with Crippen molar-refractivity contribution >= 4 is 23.2 Å². The summed E-state index contributed by atoms with van der Waals surface area (Å²) in [6, 6.07) is 5.55. The highest BCUT2D eigenvalue weighted by Gasteiger charge is 2.14. The highest BCUT2D eigenvalue weighted by atomic mass is 16.2. The largest absolute Gasteiger partial charge is 0.330 e. The molecular weight excluding hydrogens is 304 g/mol. The van der Waals surface area contributed by atoms with Gasteiger partial charge in [-0.05, 0) is 63.5 Å². The molecule has 1 aromatic carbocycles. The molecule has 1 aliphatic heterocycles. The molecule has 0 aliphatic carbocycles. The Morgan fingerprint density at radius 3 is 2.58 bits per heavy atom. The lowest BCUT2D eigenvalue weighted by Gasteiger charge is -2.25. The number of piperidine rings is 1. The van der Waals surface area contributed by atoms with Crippen LogP contribution in [0.4, 0.5) is 11.4 Å². The second-order valence-electron chi connectivity index (χ2n) is 6.36. The molecule has 0 radical (unpaired) electrons. The number of rotatable bonds is 7. The van der Waals surface area contributed by atoms with E-state index in [4.69, 9.17) is 5.73 Å². The van der Waals surface area contributed by atoms with Crippen LogP contribution in [0.15, 0.2) is 18.2 Å². The van der Waals surface area contributed by atoms with Crippen molar-refractivity contribution in [1.29, 1.82) is 0 Å². The third kappa shape index (κ3) is 5.94. The van der Waals surface area contributed by atoms with Gasteiger partial charge >= 0.3 is 0 Å². The number of hydrogen-bond donors (Lipinski definition) is 3. The smallest absolute Gasteiger partial charge is 0.238 e. The van der Waals surface area contributed by atoms with E-state index in [-0.39, 0.29) is 11.8 Å². The van der Waals surface area contributed by atoms with Crippen molar-refractivity contribution in [1.82, 2.24) is 4.90 Å². The van der Waals surface area contributed by atoms with E-state index < -0.39 is 0 Å². The molecule has 6 heteroatoms. The number of benzene rings is 1. The first-order valence-electron chi connectivity index (χ1n) is 8.71. The Morgan fingerprint density at radius 1 is 1.12 bits per heavy atom. The minimum absolute atomic E-state index is 0.00777. The Morgan fingerprint density at radius 2 is 1.88 bits per heavy atom. The van der Waals surface area contributed by atoms with Crippen molar-refractivity contribution in [2.45, 2.75) is 39.0 Å². The number of nitrogens with two attached hydrogens (primary N) is 1. The first-order chi connectivity index (χ1) is 11.6. The zero-order valence-corrected chi connectivity index (χ0v) is 14.4. The molecule has 0 unspecified atom stereocenters. The monoisotopic (exact) mass is 332 g/mol. The molecule has 1 aliphatic rings. The first-order valence-corrected chi connectivity index (χ1v) is 8.71. The highest BCUT2D eigenvalue weighted by Crippen LogP contribution is 2.21. The van der Waals surface area contributed by atoms with Crippen LogP contribution in [-0.2, 0) is 9.59 Å². The Labute approximate surface area is 143 Å². The van der Waals surface area contributed by atoms with Gasteiger partial charge in [-0.1, -0.05) is 12.5 Å². The van der Waals surface area contributed by atoms with Gasteiger partial charge < -0.3 is 16.4 Å². The standard InChI is InChI=1S/C18H28N4O2/c1-14-7-8-15(20-17(23)6-5-9-19)12-16(14)21-18(24)13-22-10-3-2-4-11-22/h7-8,12H,2-6,9-11,13,19H2,1H3,(H,20,23)(H,21,24). The summed E-state index contributed by atoms with van der Waals surface area (Å²) < 4.78 is 0. The number of amides is 2. The molecule has 2 rings (SSSR count). The lowest BCUT2D eigenvalue weighted by atomic mass is 10.1. The van der Waals surface area contributed by atoms with E-state index in [1.165, 1.54) is 6.42 Å². The van der Waals surface area contributed by atoms with Crippen molar-refractivity contribution in [3.8, 4) is 0 Å². The Bertz CT molecular complexity index is 568. The number of carbonyl (C=O) groups is 2. The second-order valence-corrected chi connectivity index (χ2v) is 6.36. The molecule has 24 heavy (non-hydrogen) atoms. The summed E-state index contributed by atoms with van der Waals surface area (Å²) in [6.07, 6.45) is 4.65. The maximum Gasteiger partial charge on any atom is 0.238 e. The molecule has 1 fully saturated rings. The predicted molar refractivity (Wildman–Crippen MR) is 97.0 cm³/mol. The minimum atomic E-state index is -0.0603. The molecule has 0 aromatic heterocycles. The van der Waals surface area contributed by atoms with Gasteiger partial charge in [-0.2, -0.15) is 0 Å². The lowest BCUT2D eigenvalue weighted by Crippen LogP contribution is -2.36. The van der Waals surface area contributed by atoms with E-state index in [0.717, 1.165) is 37.2 Å². The van der Waals surface area contributed by atoms with E-state index in [1.54, 1.807) is 0 Å². The lowest BCUT2D eigenvalue weighted by molar-refractivity contribution is -0.117. The summed E-state index contributed by atoms with van der Waals surface area (Å²) in [6.45, 7) is 4.84. The molecule has 1 saturated heterocycles. The zero-order chi connectivity index (χ0) is 17.4. The fourth-order valence-electron chi connectivity index (χ4n) is 2.83. The molecule has 132 valence electrons. The van der Waals surface area contributed by atoms with Crippen molar-refractivity contribution in [2.24, 2.45) is 5.73 Å². The quantitative estimate of drug-likeness (QED) is 0.713. The molecule has 1 aromatic rings. The summed E-state index contributed by atoms with van der Waals surface area (Å²) >= 11 is 0. The summed E-state index contributed by atoms with van der Waals surface area (Å²) in [5, 5.41) is 5.81. The van der Waals surface area contributed by atoms with E-state index in [0.29, 0.717) is 31.6 Å². The van der Waals surface area contributed by atoms with Gasteiger partial charge in [0.25, 0.3) is 0 Å². The van der Waals surface area contributed by atoms with E-state index in [9.17, 15) is 9.59 Å². The highest BCUT2D eigenvalue weighted by molar-refractivity contribution is 5.95. The van der Waals surface area contributed by atoms with E-state index >= 15 is 0 Å². The van der Waals surface area contributed by atoms with Crippen LogP contribution in [0, 0.1) is 6.92 Å². The van der Waals surface area contributed by atoms with E-state index in [2.05, 4.69) is 15.5 Å². The second kappa shape index (κ2) is 9.39. The Hall–Kier alpha value is -1.92. The Kier molecular flexibility index (Phi) is 7.21. The fraction of sp³-hybridized carbons (Fsp3) is 0.556. The first kappa shape index (κ1) is 18.4. The van der Waals surface area contributed by atoms with Gasteiger partial charge in [-0.15, -0.1) is 0 Å². The van der Waals surface area contributed by atoms with Gasteiger partial charge in [0, 0.05) is 17.8 Å². The van der Waals surface area contributed by atoms with Gasteiger partial charge in [0.15, 0.2) is 0 Å². The SMILES string of the molecule is Cc1ccc(NC(=O)CCCN)cc1NC(=O)CN1CCCCC1. The van der Waals surface area contributed by atoms with Crippen LogP contribution in [-0.4, -0.2) is 42.9 Å². The average molecular weight is 332 g/mol. The molecule has 6 nitrogen and oxygen atoms in total. The van der Waals surface area contributed by atoms with Gasteiger partial charge in [0.1, 0.15) is 0 Å². The molecule has 0 saturated carbocycles. The fourth-order valence-corrected chi connectivity index (χ4v) is 2.83. The maximum absolute atomic E-state index is 12.3. The van der Waals surface area contributed by atoms with Crippen molar-refractivity contribution in [3.63, 3.8) is 0 Å². The molecular formula is C18H28N4O2. The van der Waals surface area contributed by atoms with Crippen LogP contribution >= 0.6 is 0 Å². The number of aryl methyl sites for hydroxylation is 1. The van der Waals surface area contributed by atoms with Gasteiger partial charge in [0.2, 0.25) is 11.8 Å². The van der Waals surface area contributed by atoms with Crippen LogP contribution in [0.25, 0.3) is 0 Å². The predicted octanol–water partition coefficient (Wildman–Crippen LogP) is 2.10. The molecule has 0 bridgehead atoms. The number of nitrogens with one attached hydrogen (secondary N) is 2. The summed E-state index contributed by atoms with van der Waals surface area (Å²) in [4.78, 5) is 26.2. The van der Waals surface area contributed by atoms with Gasteiger partial charge in [0.05, 0.1) is 6.54 Å². The molecule has 2 amide bonds. The zero-order valence-electron chi connectivity index (χ0n) is 14.4. The maximum atomic E-state index is 12.3. The van der Waals surface area contributed by atoms with E-state index in [1.807, 2.05) is 25.1 Å². The summed E-state index contributed by atoms with van der Waals surface area (Å²) in [5.41, 5.74) is 7.82. The van der Waals surface area contributed by atoms with Crippen LogP contribution in [0.1, 0.15) is 37.7 Å². The normalized spacial score (nSPS) is 15.1. The topological polar surface area (TPSA) is 87.5 Å². The van der Waals surface area contributed by atoms with Crippen LogP contribution in [0.5, 0.6) is 0 Å².